The van der Waals surface area contributed by atoms with Gasteiger partial charge in [0.15, 0.2) is 0 Å². The third-order valence-corrected chi connectivity index (χ3v) is 7.32. The number of amides is 2. The topological polar surface area (TPSA) is 125 Å². The molecule has 172 valence electrons. The highest BCUT2D eigenvalue weighted by Gasteiger charge is 2.65. The number of alkyl carbamates (subject to hydrolysis) is 1. The molecule has 2 aromatic carbocycles. The van der Waals surface area contributed by atoms with Crippen LogP contribution in [0.15, 0.2) is 48.5 Å². The van der Waals surface area contributed by atoms with Gasteiger partial charge in [0, 0.05) is 12.0 Å². The molecule has 2 amide bonds. The number of nitrogens with one attached hydrogen (secondary N) is 2. The number of hydrogen-bond donors (Lipinski definition) is 4. The monoisotopic (exact) mass is 450 g/mol. The van der Waals surface area contributed by atoms with Crippen LogP contribution in [0.3, 0.4) is 0 Å². The van der Waals surface area contributed by atoms with Gasteiger partial charge in [0.25, 0.3) is 0 Å². The van der Waals surface area contributed by atoms with Gasteiger partial charge in [-0.1, -0.05) is 48.5 Å². The van der Waals surface area contributed by atoms with Gasteiger partial charge in [-0.3, -0.25) is 4.79 Å². The highest BCUT2D eigenvalue weighted by molar-refractivity contribution is 5.90. The van der Waals surface area contributed by atoms with Gasteiger partial charge in [0.2, 0.25) is 5.91 Å². The molecule has 0 spiro atoms. The number of rotatable bonds is 7. The van der Waals surface area contributed by atoms with Gasteiger partial charge in [0.05, 0.1) is 12.0 Å². The van der Waals surface area contributed by atoms with E-state index in [2.05, 4.69) is 34.9 Å². The first-order valence-corrected chi connectivity index (χ1v) is 11.2. The molecule has 5 rings (SSSR count). The summed E-state index contributed by atoms with van der Waals surface area (Å²) in [5.41, 5.74) is 3.94. The van der Waals surface area contributed by atoms with E-state index in [9.17, 15) is 14.4 Å². The van der Waals surface area contributed by atoms with E-state index in [0.29, 0.717) is 19.3 Å². The van der Waals surface area contributed by atoms with E-state index >= 15 is 0 Å². The fourth-order valence-electron chi connectivity index (χ4n) is 5.58. The number of benzene rings is 2. The Morgan fingerprint density at radius 1 is 1.03 bits per heavy atom. The molecule has 2 saturated carbocycles. The standard InChI is InChI=1S/C25H26N2O6/c28-12-21(22(29)30)27-23(31)25-10-14(25)9-15(11-25)26-24(32)33-13-20-18-7-3-1-5-16(18)17-6-2-4-8-19(17)20/h1-8,14-15,20-21,28H,9-13H2,(H,26,32)(H,27,31)(H,29,30)/t14?,15?,21-,25?/m0/s1. The first kappa shape index (κ1) is 21.5. The Labute approximate surface area is 191 Å². The van der Waals surface area contributed by atoms with Crippen LogP contribution in [0.5, 0.6) is 0 Å². The van der Waals surface area contributed by atoms with E-state index in [0.717, 1.165) is 22.3 Å². The zero-order chi connectivity index (χ0) is 23.2. The van der Waals surface area contributed by atoms with E-state index in [1.54, 1.807) is 0 Å². The number of carbonyl (C=O) groups excluding carboxylic acids is 2. The lowest BCUT2D eigenvalue weighted by molar-refractivity contribution is -0.144. The van der Waals surface area contributed by atoms with Crippen molar-refractivity contribution in [1.82, 2.24) is 10.6 Å². The highest BCUT2D eigenvalue weighted by atomic mass is 16.5. The zero-order valence-corrected chi connectivity index (χ0v) is 18.0. The van der Waals surface area contributed by atoms with E-state index in [1.165, 1.54) is 0 Å². The van der Waals surface area contributed by atoms with Crippen LogP contribution in [0.4, 0.5) is 4.79 Å². The second kappa shape index (κ2) is 8.19. The summed E-state index contributed by atoms with van der Waals surface area (Å²) in [6.45, 7) is -0.443. The Balaban J connectivity index is 1.17. The fraction of sp³-hybridized carbons (Fsp3) is 0.400. The Morgan fingerprint density at radius 2 is 1.67 bits per heavy atom. The number of aliphatic hydroxyl groups excluding tert-OH is 1. The molecule has 3 aliphatic carbocycles. The summed E-state index contributed by atoms with van der Waals surface area (Å²) in [5, 5.41) is 23.5. The average molecular weight is 450 g/mol. The summed E-state index contributed by atoms with van der Waals surface area (Å²) in [5.74, 6) is -1.57. The normalized spacial score (nSPS) is 25.4. The van der Waals surface area contributed by atoms with Crippen molar-refractivity contribution in [3.63, 3.8) is 0 Å². The van der Waals surface area contributed by atoms with Gasteiger partial charge in [0.1, 0.15) is 12.6 Å². The van der Waals surface area contributed by atoms with Crippen molar-refractivity contribution >= 4 is 18.0 Å². The first-order chi connectivity index (χ1) is 15.9. The molecule has 0 radical (unpaired) electrons. The summed E-state index contributed by atoms with van der Waals surface area (Å²) >= 11 is 0. The van der Waals surface area contributed by atoms with E-state index in [1.807, 2.05) is 24.3 Å². The summed E-state index contributed by atoms with van der Waals surface area (Å²) < 4.78 is 5.60. The van der Waals surface area contributed by atoms with Crippen LogP contribution in [0.1, 0.15) is 36.3 Å². The van der Waals surface area contributed by atoms with Crippen LogP contribution in [0, 0.1) is 11.3 Å². The predicted octanol–water partition coefficient (Wildman–Crippen LogP) is 2.26. The molecule has 33 heavy (non-hydrogen) atoms. The van der Waals surface area contributed by atoms with Crippen LogP contribution in [0.2, 0.25) is 0 Å². The third kappa shape index (κ3) is 3.74. The minimum Gasteiger partial charge on any atom is -0.480 e. The first-order valence-electron chi connectivity index (χ1n) is 11.2. The number of ether oxygens (including phenoxy) is 1. The van der Waals surface area contributed by atoms with E-state index < -0.39 is 30.1 Å². The van der Waals surface area contributed by atoms with Gasteiger partial charge in [-0.05, 0) is 47.4 Å². The Bertz CT molecular complexity index is 1070. The maximum absolute atomic E-state index is 12.6. The van der Waals surface area contributed by atoms with Gasteiger partial charge in [-0.25, -0.2) is 9.59 Å². The van der Waals surface area contributed by atoms with Gasteiger partial charge in [-0.2, -0.15) is 0 Å². The summed E-state index contributed by atoms with van der Waals surface area (Å²) in [4.78, 5) is 36.3. The molecule has 4 N–H and O–H groups in total. The number of fused-ring (bicyclic) bond motifs is 4. The van der Waals surface area contributed by atoms with Crippen LogP contribution < -0.4 is 10.6 Å². The minimum atomic E-state index is -1.32. The molecule has 4 atom stereocenters. The molecular formula is C25H26N2O6. The molecule has 2 aromatic rings. The lowest BCUT2D eigenvalue weighted by atomic mass is 9.98. The molecule has 0 bridgehead atoms. The number of carboxylic acids is 1. The summed E-state index contributed by atoms with van der Waals surface area (Å²) in [7, 11) is 0. The molecule has 0 heterocycles. The van der Waals surface area contributed by atoms with Crippen molar-refractivity contribution < 1.29 is 29.3 Å². The van der Waals surface area contributed by atoms with Crippen molar-refractivity contribution in [2.75, 3.05) is 13.2 Å². The van der Waals surface area contributed by atoms with Crippen molar-refractivity contribution in [2.24, 2.45) is 11.3 Å². The number of aliphatic hydroxyl groups is 1. The molecule has 0 aliphatic heterocycles. The molecule has 3 aliphatic rings. The zero-order valence-electron chi connectivity index (χ0n) is 18.0. The summed E-state index contributed by atoms with van der Waals surface area (Å²) in [6, 6.07) is 14.7. The number of carbonyl (C=O) groups is 3. The molecule has 8 nitrogen and oxygen atoms in total. The SMILES string of the molecule is O=C(NC1CC2CC2(C(=O)N[C@@H](CO)C(=O)O)C1)OCC1c2ccccc2-c2ccccc21. The largest absolute Gasteiger partial charge is 0.480 e. The van der Waals surface area contributed by atoms with E-state index in [4.69, 9.17) is 14.9 Å². The van der Waals surface area contributed by atoms with Crippen molar-refractivity contribution in [3.8, 4) is 11.1 Å². The van der Waals surface area contributed by atoms with Crippen molar-refractivity contribution in [1.29, 1.82) is 0 Å². The predicted molar refractivity (Wildman–Crippen MR) is 118 cm³/mol. The lowest BCUT2D eigenvalue weighted by Crippen LogP contribution is -2.47. The highest BCUT2D eigenvalue weighted by Crippen LogP contribution is 2.63. The number of hydrogen-bond acceptors (Lipinski definition) is 5. The molecular weight excluding hydrogens is 424 g/mol. The van der Waals surface area contributed by atoms with Crippen LogP contribution in [0.25, 0.3) is 11.1 Å². The number of carboxylic acid groups (broad SMARTS) is 1. The molecule has 0 saturated heterocycles. The molecule has 2 fully saturated rings. The van der Waals surface area contributed by atoms with Crippen molar-refractivity contribution in [2.45, 2.75) is 37.3 Å². The van der Waals surface area contributed by atoms with Crippen LogP contribution in [-0.4, -0.2) is 53.5 Å². The Kier molecular flexibility index (Phi) is 5.32. The van der Waals surface area contributed by atoms with Gasteiger partial charge in [-0.15, -0.1) is 0 Å². The average Bonchev–Trinajstić information content (AvgIpc) is 3.24. The fourth-order valence-corrected chi connectivity index (χ4v) is 5.58. The van der Waals surface area contributed by atoms with Crippen LogP contribution >= 0.6 is 0 Å². The Morgan fingerprint density at radius 3 is 2.27 bits per heavy atom. The molecule has 8 heteroatoms. The maximum atomic E-state index is 12.6. The van der Waals surface area contributed by atoms with Gasteiger partial charge < -0.3 is 25.6 Å². The quantitative estimate of drug-likeness (QED) is 0.513. The molecule has 3 unspecified atom stereocenters. The maximum Gasteiger partial charge on any atom is 0.407 e. The third-order valence-electron chi connectivity index (χ3n) is 7.32. The lowest BCUT2D eigenvalue weighted by Gasteiger charge is -2.20. The second-order valence-electron chi connectivity index (χ2n) is 9.21. The van der Waals surface area contributed by atoms with Gasteiger partial charge >= 0.3 is 12.1 Å². The van der Waals surface area contributed by atoms with Crippen molar-refractivity contribution in [3.05, 3.63) is 59.7 Å². The molecule has 0 aromatic heterocycles. The number of aliphatic carboxylic acids is 1. The smallest absolute Gasteiger partial charge is 0.407 e. The second-order valence-corrected chi connectivity index (χ2v) is 9.21. The summed E-state index contributed by atoms with van der Waals surface area (Å²) in [6.07, 6.45) is 1.23. The Hall–Kier alpha value is -3.39. The minimum absolute atomic E-state index is 0.0244. The van der Waals surface area contributed by atoms with Crippen LogP contribution in [-0.2, 0) is 14.3 Å². The van der Waals surface area contributed by atoms with E-state index in [-0.39, 0.29) is 30.4 Å².